The average Bonchev–Trinajstić information content (AvgIpc) is 2.67. The summed E-state index contributed by atoms with van der Waals surface area (Å²) in [6.45, 7) is 2.18. The number of nitrogens with one attached hydrogen (secondary N) is 1. The lowest BCUT2D eigenvalue weighted by Crippen LogP contribution is -2.45. The zero-order chi connectivity index (χ0) is 17.6. The van der Waals surface area contributed by atoms with E-state index in [-0.39, 0.29) is 24.2 Å². The molecule has 1 heterocycles. The van der Waals surface area contributed by atoms with Gasteiger partial charge in [-0.15, -0.1) is 0 Å². The predicted octanol–water partition coefficient (Wildman–Crippen LogP) is 3.02. The third-order valence-corrected chi connectivity index (χ3v) is 5.72. The lowest BCUT2D eigenvalue weighted by molar-refractivity contribution is -0.127. The van der Waals surface area contributed by atoms with Crippen molar-refractivity contribution in [1.29, 1.82) is 0 Å². The van der Waals surface area contributed by atoms with E-state index in [2.05, 4.69) is 10.2 Å². The monoisotopic (exact) mass is 348 g/mol. The van der Waals surface area contributed by atoms with Crippen molar-refractivity contribution in [2.75, 3.05) is 19.6 Å². The molecule has 2 fully saturated rings. The molecule has 1 aromatic rings. The van der Waals surface area contributed by atoms with E-state index in [0.717, 1.165) is 32.0 Å². The number of hydrogen-bond acceptors (Lipinski definition) is 3. The van der Waals surface area contributed by atoms with Crippen LogP contribution in [0.15, 0.2) is 24.3 Å². The van der Waals surface area contributed by atoms with Gasteiger partial charge in [0.05, 0.1) is 6.10 Å². The first-order valence-electron chi connectivity index (χ1n) is 9.59. The van der Waals surface area contributed by atoms with Crippen molar-refractivity contribution in [1.82, 2.24) is 10.2 Å². The molecule has 138 valence electrons. The van der Waals surface area contributed by atoms with Crippen LogP contribution in [-0.4, -0.2) is 41.6 Å². The van der Waals surface area contributed by atoms with E-state index < -0.39 is 6.10 Å². The van der Waals surface area contributed by atoms with Crippen molar-refractivity contribution in [3.63, 3.8) is 0 Å². The topological polar surface area (TPSA) is 52.6 Å². The summed E-state index contributed by atoms with van der Waals surface area (Å²) in [5, 5.41) is 13.0. The van der Waals surface area contributed by atoms with Crippen molar-refractivity contribution in [3.8, 4) is 0 Å². The number of rotatable bonds is 5. The van der Waals surface area contributed by atoms with Crippen LogP contribution in [0.5, 0.6) is 0 Å². The fourth-order valence-corrected chi connectivity index (χ4v) is 4.12. The second kappa shape index (κ2) is 8.77. The van der Waals surface area contributed by atoms with Gasteiger partial charge in [-0.05, 0) is 56.5 Å². The van der Waals surface area contributed by atoms with E-state index in [0.29, 0.717) is 5.56 Å². The van der Waals surface area contributed by atoms with Crippen molar-refractivity contribution in [2.45, 2.75) is 57.1 Å². The van der Waals surface area contributed by atoms with Gasteiger partial charge in [0.15, 0.2) is 0 Å². The van der Waals surface area contributed by atoms with Crippen LogP contribution in [0, 0.1) is 11.7 Å². The molecule has 3 rings (SSSR count). The molecule has 1 atom stereocenters. The third kappa shape index (κ3) is 5.02. The van der Waals surface area contributed by atoms with Gasteiger partial charge in [-0.2, -0.15) is 0 Å². The van der Waals surface area contributed by atoms with Gasteiger partial charge < -0.3 is 15.3 Å². The van der Waals surface area contributed by atoms with Crippen LogP contribution >= 0.6 is 0 Å². The highest BCUT2D eigenvalue weighted by atomic mass is 19.1. The summed E-state index contributed by atoms with van der Waals surface area (Å²) in [4.78, 5) is 14.9. The summed E-state index contributed by atoms with van der Waals surface area (Å²) in [5.74, 6) is -0.255. The quantitative estimate of drug-likeness (QED) is 0.860. The molecule has 1 aliphatic heterocycles. The van der Waals surface area contributed by atoms with Crippen LogP contribution < -0.4 is 5.32 Å². The molecule has 4 nitrogen and oxygen atoms in total. The summed E-state index contributed by atoms with van der Waals surface area (Å²) in [6, 6.07) is 6.46. The summed E-state index contributed by atoms with van der Waals surface area (Å²) >= 11 is 0. The summed E-state index contributed by atoms with van der Waals surface area (Å²) in [6.07, 6.45) is 7.66. The van der Waals surface area contributed by atoms with E-state index in [1.807, 2.05) is 0 Å². The molecule has 2 aliphatic rings. The predicted molar refractivity (Wildman–Crippen MR) is 95.5 cm³/mol. The molecule has 0 aromatic heterocycles. The Balaban J connectivity index is 1.41. The van der Waals surface area contributed by atoms with Crippen LogP contribution in [0.4, 0.5) is 4.39 Å². The Bertz CT molecular complexity index is 549. The van der Waals surface area contributed by atoms with E-state index >= 15 is 0 Å². The fourth-order valence-electron chi connectivity index (χ4n) is 4.12. The molecule has 5 heteroatoms. The molecule has 25 heavy (non-hydrogen) atoms. The number of piperidine rings is 1. The molecule has 1 saturated heterocycles. The van der Waals surface area contributed by atoms with Crippen LogP contribution in [0.3, 0.4) is 0 Å². The highest BCUT2D eigenvalue weighted by molar-refractivity contribution is 5.78. The Morgan fingerprint density at radius 3 is 2.40 bits per heavy atom. The third-order valence-electron chi connectivity index (χ3n) is 5.72. The first-order valence-corrected chi connectivity index (χ1v) is 9.59. The fraction of sp³-hybridized carbons (Fsp3) is 0.650. The standard InChI is InChI=1S/C20H29FN2O2/c21-17-8-6-15(7-9-17)19(24)14-22-20(25)16-10-12-23(13-11-16)18-4-2-1-3-5-18/h6-9,16,18-19,24H,1-5,10-14H2,(H,22,25)/t19-/m1/s1. The Morgan fingerprint density at radius 2 is 1.76 bits per heavy atom. The Hall–Kier alpha value is -1.46. The van der Waals surface area contributed by atoms with Crippen molar-refractivity contribution >= 4 is 5.91 Å². The van der Waals surface area contributed by atoms with Gasteiger partial charge in [0.2, 0.25) is 5.91 Å². The summed E-state index contributed by atoms with van der Waals surface area (Å²) < 4.78 is 12.9. The highest BCUT2D eigenvalue weighted by Crippen LogP contribution is 2.27. The van der Waals surface area contributed by atoms with Crippen molar-refractivity contribution < 1.29 is 14.3 Å². The summed E-state index contributed by atoms with van der Waals surface area (Å²) in [7, 11) is 0. The van der Waals surface area contributed by atoms with Crippen LogP contribution in [0.2, 0.25) is 0 Å². The molecule has 1 amide bonds. The van der Waals surface area contributed by atoms with Gasteiger partial charge in [0, 0.05) is 18.5 Å². The first kappa shape index (κ1) is 18.3. The minimum Gasteiger partial charge on any atom is -0.387 e. The average molecular weight is 348 g/mol. The van der Waals surface area contributed by atoms with Crippen molar-refractivity contribution in [2.24, 2.45) is 5.92 Å². The molecule has 1 aromatic carbocycles. The van der Waals surface area contributed by atoms with Gasteiger partial charge in [0.1, 0.15) is 5.82 Å². The van der Waals surface area contributed by atoms with Gasteiger partial charge in [0.25, 0.3) is 0 Å². The number of amides is 1. The number of hydrogen-bond donors (Lipinski definition) is 2. The summed E-state index contributed by atoms with van der Waals surface area (Å²) in [5.41, 5.74) is 0.619. The zero-order valence-corrected chi connectivity index (χ0v) is 14.8. The van der Waals surface area contributed by atoms with Gasteiger partial charge >= 0.3 is 0 Å². The lowest BCUT2D eigenvalue weighted by atomic mass is 9.90. The SMILES string of the molecule is O=C(NC[C@@H](O)c1ccc(F)cc1)C1CCN(C2CCCCC2)CC1. The molecular formula is C20H29FN2O2. The molecule has 0 bridgehead atoms. The molecule has 1 saturated carbocycles. The van der Waals surface area contributed by atoms with E-state index in [1.54, 1.807) is 12.1 Å². The Kier molecular flexibility index (Phi) is 6.43. The van der Waals surface area contributed by atoms with Crippen LogP contribution in [-0.2, 0) is 4.79 Å². The normalized spacial score (nSPS) is 21.8. The number of halogens is 1. The number of likely N-dealkylation sites (tertiary alicyclic amines) is 1. The number of carbonyl (C=O) groups excluding carboxylic acids is 1. The molecule has 0 unspecified atom stereocenters. The number of carbonyl (C=O) groups is 1. The van der Waals surface area contributed by atoms with Gasteiger partial charge in [-0.25, -0.2) is 4.39 Å². The van der Waals surface area contributed by atoms with E-state index in [4.69, 9.17) is 0 Å². The lowest BCUT2D eigenvalue weighted by Gasteiger charge is -2.39. The smallest absolute Gasteiger partial charge is 0.223 e. The van der Waals surface area contributed by atoms with E-state index in [9.17, 15) is 14.3 Å². The minimum atomic E-state index is -0.799. The number of benzene rings is 1. The maximum Gasteiger partial charge on any atom is 0.223 e. The largest absolute Gasteiger partial charge is 0.387 e. The minimum absolute atomic E-state index is 0.0319. The zero-order valence-electron chi connectivity index (χ0n) is 14.8. The maximum atomic E-state index is 12.9. The van der Waals surface area contributed by atoms with Crippen LogP contribution in [0.25, 0.3) is 0 Å². The van der Waals surface area contributed by atoms with Crippen LogP contribution in [0.1, 0.15) is 56.6 Å². The first-order chi connectivity index (χ1) is 12.1. The molecule has 2 N–H and O–H groups in total. The number of nitrogens with zero attached hydrogens (tertiary/aromatic N) is 1. The number of aliphatic hydroxyl groups is 1. The Labute approximate surface area is 149 Å². The van der Waals surface area contributed by atoms with Gasteiger partial charge in [-0.1, -0.05) is 31.4 Å². The maximum absolute atomic E-state index is 12.9. The van der Waals surface area contributed by atoms with Gasteiger partial charge in [-0.3, -0.25) is 4.79 Å². The van der Waals surface area contributed by atoms with E-state index in [1.165, 1.54) is 44.2 Å². The van der Waals surface area contributed by atoms with Crippen molar-refractivity contribution in [3.05, 3.63) is 35.6 Å². The molecule has 0 radical (unpaired) electrons. The number of aliphatic hydroxyl groups excluding tert-OH is 1. The molecule has 0 spiro atoms. The Morgan fingerprint density at radius 1 is 1.12 bits per heavy atom. The molecule has 1 aliphatic carbocycles. The second-order valence-corrected chi connectivity index (χ2v) is 7.41. The second-order valence-electron chi connectivity index (χ2n) is 7.41. The molecular weight excluding hydrogens is 319 g/mol. The highest BCUT2D eigenvalue weighted by Gasteiger charge is 2.29.